The molecule has 2 fully saturated rings. The van der Waals surface area contributed by atoms with Gasteiger partial charge in [0.15, 0.2) is 0 Å². The smallest absolute Gasteiger partial charge is 0.405 e. The number of imidazole rings is 1. The molecule has 5 rings (SSSR count). The Balaban J connectivity index is 0.00000119. The van der Waals surface area contributed by atoms with Gasteiger partial charge in [0.05, 0.1) is 0 Å². The van der Waals surface area contributed by atoms with E-state index in [1.807, 2.05) is 13.8 Å². The number of ether oxygens (including phenoxy) is 1. The average Bonchev–Trinajstić information content (AvgIpc) is 3.47. The molecule has 6 nitrogen and oxygen atoms in total. The maximum absolute atomic E-state index is 12.9. The molecule has 1 aromatic carbocycles. The second-order valence-electron chi connectivity index (χ2n) is 7.94. The van der Waals surface area contributed by atoms with E-state index in [0.717, 1.165) is 12.8 Å². The monoisotopic (exact) mass is 446 g/mol. The number of para-hydroxylation sites is 1. The molecule has 9 heteroatoms. The first-order chi connectivity index (χ1) is 15.4. The molecule has 170 valence electrons. The van der Waals surface area contributed by atoms with Crippen molar-refractivity contribution in [3.05, 3.63) is 60.2 Å². The van der Waals surface area contributed by atoms with E-state index in [2.05, 4.69) is 14.7 Å². The first kappa shape index (κ1) is 22.1. The highest BCUT2D eigenvalue weighted by atomic mass is 19.4. The minimum Gasteiger partial charge on any atom is -0.405 e. The number of rotatable bonds is 3. The molecular weight excluding hydrogens is 421 g/mol. The lowest BCUT2D eigenvalue weighted by Crippen LogP contribution is -2.30. The summed E-state index contributed by atoms with van der Waals surface area (Å²) in [6, 6.07) is 8.12. The van der Waals surface area contributed by atoms with Gasteiger partial charge in [-0.05, 0) is 48.3 Å². The number of benzene rings is 1. The standard InChI is InChI=1S/C21H19F3N4O2.C2H6/c22-21(23,24)30-18-5-2-1-4-16(18)13-8-14-10-28(11-15(14)9-13)19(29)17-12-27-7-3-6-25-20(27)26-17;1-2/h1-7,12-15H,8-11H2;1-2H3/t13?,14-,15+;. The summed E-state index contributed by atoms with van der Waals surface area (Å²) >= 11 is 0. The van der Waals surface area contributed by atoms with Crippen molar-refractivity contribution in [3.63, 3.8) is 0 Å². The fourth-order valence-electron chi connectivity index (χ4n) is 4.85. The van der Waals surface area contributed by atoms with E-state index in [-0.39, 0.29) is 29.4 Å². The Bertz CT molecular complexity index is 1050. The van der Waals surface area contributed by atoms with Crippen LogP contribution in [0.4, 0.5) is 13.2 Å². The third-order valence-corrected chi connectivity index (χ3v) is 6.08. The van der Waals surface area contributed by atoms with E-state index in [9.17, 15) is 18.0 Å². The Morgan fingerprint density at radius 2 is 1.78 bits per heavy atom. The number of hydrogen-bond acceptors (Lipinski definition) is 4. The second kappa shape index (κ2) is 8.80. The van der Waals surface area contributed by atoms with Crippen LogP contribution >= 0.6 is 0 Å². The predicted octanol–water partition coefficient (Wildman–Crippen LogP) is 4.92. The summed E-state index contributed by atoms with van der Waals surface area (Å²) in [6.45, 7) is 5.17. The van der Waals surface area contributed by atoms with Crippen LogP contribution in [-0.4, -0.2) is 44.6 Å². The van der Waals surface area contributed by atoms with Crippen LogP contribution in [0.5, 0.6) is 5.75 Å². The number of hydrogen-bond donors (Lipinski definition) is 0. The van der Waals surface area contributed by atoms with Crippen molar-refractivity contribution in [1.29, 1.82) is 0 Å². The Labute approximate surface area is 184 Å². The first-order valence-electron chi connectivity index (χ1n) is 10.8. The Morgan fingerprint density at radius 3 is 2.44 bits per heavy atom. The van der Waals surface area contributed by atoms with Gasteiger partial charge in [-0.1, -0.05) is 32.0 Å². The number of fused-ring (bicyclic) bond motifs is 2. The van der Waals surface area contributed by atoms with Gasteiger partial charge in [0.1, 0.15) is 11.4 Å². The van der Waals surface area contributed by atoms with Crippen molar-refractivity contribution in [2.75, 3.05) is 13.1 Å². The van der Waals surface area contributed by atoms with Crippen LogP contribution in [0.2, 0.25) is 0 Å². The molecule has 1 aliphatic carbocycles. The summed E-state index contributed by atoms with van der Waals surface area (Å²) in [7, 11) is 0. The van der Waals surface area contributed by atoms with Gasteiger partial charge in [-0.25, -0.2) is 9.97 Å². The van der Waals surface area contributed by atoms with Gasteiger partial charge in [0.2, 0.25) is 5.78 Å². The van der Waals surface area contributed by atoms with Crippen LogP contribution in [0.1, 0.15) is 48.7 Å². The number of nitrogens with zero attached hydrogens (tertiary/aromatic N) is 4. The number of halogens is 3. The van der Waals surface area contributed by atoms with Gasteiger partial charge in [-0.15, -0.1) is 13.2 Å². The van der Waals surface area contributed by atoms with Crippen LogP contribution in [-0.2, 0) is 0 Å². The molecule has 1 aliphatic heterocycles. The Morgan fingerprint density at radius 1 is 1.09 bits per heavy atom. The molecule has 1 saturated heterocycles. The minimum atomic E-state index is -4.71. The zero-order valence-electron chi connectivity index (χ0n) is 17.9. The lowest BCUT2D eigenvalue weighted by molar-refractivity contribution is -0.275. The molecule has 0 radical (unpaired) electrons. The van der Waals surface area contributed by atoms with Gasteiger partial charge in [-0.3, -0.25) is 9.20 Å². The van der Waals surface area contributed by atoms with E-state index < -0.39 is 6.36 Å². The van der Waals surface area contributed by atoms with Crippen molar-refractivity contribution in [2.45, 2.75) is 39.0 Å². The molecule has 32 heavy (non-hydrogen) atoms. The minimum absolute atomic E-state index is 0.00445. The molecule has 3 aromatic rings. The highest BCUT2D eigenvalue weighted by molar-refractivity contribution is 5.93. The van der Waals surface area contributed by atoms with Crippen molar-refractivity contribution in [3.8, 4) is 5.75 Å². The quantitative estimate of drug-likeness (QED) is 0.573. The molecule has 2 aromatic heterocycles. The Kier molecular flexibility index (Phi) is 6.08. The van der Waals surface area contributed by atoms with E-state index >= 15 is 0 Å². The van der Waals surface area contributed by atoms with Gasteiger partial charge in [-0.2, -0.15) is 0 Å². The van der Waals surface area contributed by atoms with Gasteiger partial charge >= 0.3 is 6.36 Å². The van der Waals surface area contributed by atoms with E-state index in [1.165, 1.54) is 6.07 Å². The SMILES string of the molecule is CC.O=C(c1cn2cccnc2n1)N1C[C@H]2CC(c3ccccc3OC(F)(F)F)C[C@H]2C1. The van der Waals surface area contributed by atoms with Crippen molar-refractivity contribution in [2.24, 2.45) is 11.8 Å². The third kappa shape index (κ3) is 4.42. The number of carbonyl (C=O) groups is 1. The highest BCUT2D eigenvalue weighted by Gasteiger charge is 2.44. The summed E-state index contributed by atoms with van der Waals surface area (Å²) in [5.74, 6) is 0.727. The van der Waals surface area contributed by atoms with Crippen LogP contribution in [0.3, 0.4) is 0 Å². The summed E-state index contributed by atoms with van der Waals surface area (Å²) in [6.07, 6.45) is 1.84. The van der Waals surface area contributed by atoms with E-state index in [1.54, 1.807) is 52.2 Å². The molecule has 0 bridgehead atoms. The normalized spacial score (nSPS) is 22.4. The van der Waals surface area contributed by atoms with Crippen LogP contribution in [0, 0.1) is 11.8 Å². The topological polar surface area (TPSA) is 59.7 Å². The zero-order chi connectivity index (χ0) is 22.9. The fourth-order valence-corrected chi connectivity index (χ4v) is 4.85. The van der Waals surface area contributed by atoms with Crippen LogP contribution < -0.4 is 4.74 Å². The van der Waals surface area contributed by atoms with E-state index in [0.29, 0.717) is 30.1 Å². The Hall–Kier alpha value is -3.10. The van der Waals surface area contributed by atoms with Crippen LogP contribution in [0.15, 0.2) is 48.9 Å². The molecule has 2 aliphatic rings. The van der Waals surface area contributed by atoms with E-state index in [4.69, 9.17) is 0 Å². The highest BCUT2D eigenvalue weighted by Crippen LogP contribution is 2.48. The maximum Gasteiger partial charge on any atom is 0.573 e. The summed E-state index contributed by atoms with van der Waals surface area (Å²) in [5, 5.41) is 0. The third-order valence-electron chi connectivity index (χ3n) is 6.08. The summed E-state index contributed by atoms with van der Waals surface area (Å²) < 4.78 is 44.2. The molecule has 3 atom stereocenters. The van der Waals surface area contributed by atoms with Crippen molar-refractivity contribution >= 4 is 11.7 Å². The number of aromatic nitrogens is 3. The maximum atomic E-state index is 12.9. The van der Waals surface area contributed by atoms with Gasteiger partial charge < -0.3 is 9.64 Å². The molecule has 0 spiro atoms. The number of alkyl halides is 3. The van der Waals surface area contributed by atoms with Crippen molar-refractivity contribution in [1.82, 2.24) is 19.3 Å². The second-order valence-corrected chi connectivity index (χ2v) is 7.94. The average molecular weight is 446 g/mol. The summed E-state index contributed by atoms with van der Waals surface area (Å²) in [5.41, 5.74) is 0.947. The molecule has 1 amide bonds. The number of carbonyl (C=O) groups excluding carboxylic acids is 1. The van der Waals surface area contributed by atoms with Crippen LogP contribution in [0.25, 0.3) is 5.78 Å². The van der Waals surface area contributed by atoms with Gasteiger partial charge in [0, 0.05) is 31.7 Å². The molecule has 0 N–H and O–H groups in total. The molecule has 1 unspecified atom stereocenters. The fraction of sp³-hybridized carbons (Fsp3) is 0.435. The zero-order valence-corrected chi connectivity index (χ0v) is 17.9. The lowest BCUT2D eigenvalue weighted by atomic mass is 9.95. The predicted molar refractivity (Wildman–Crippen MR) is 112 cm³/mol. The lowest BCUT2D eigenvalue weighted by Gasteiger charge is -2.20. The summed E-state index contributed by atoms with van der Waals surface area (Å²) in [4.78, 5) is 23.1. The largest absolute Gasteiger partial charge is 0.573 e. The van der Waals surface area contributed by atoms with Gasteiger partial charge in [0.25, 0.3) is 5.91 Å². The molecular formula is C23H25F3N4O2. The molecule has 1 saturated carbocycles. The van der Waals surface area contributed by atoms with Crippen molar-refractivity contribution < 1.29 is 22.7 Å². The molecule has 3 heterocycles. The number of amides is 1. The first-order valence-corrected chi connectivity index (χ1v) is 10.8. The number of likely N-dealkylation sites (tertiary alicyclic amines) is 1.